The normalized spacial score (nSPS) is 10.1. The Bertz CT molecular complexity index is 674. The van der Waals surface area contributed by atoms with Crippen LogP contribution in [0.25, 0.3) is 0 Å². The summed E-state index contributed by atoms with van der Waals surface area (Å²) >= 11 is 0. The fourth-order valence-corrected chi connectivity index (χ4v) is 2.16. The number of anilines is 2. The van der Waals surface area contributed by atoms with Gasteiger partial charge < -0.3 is 25.3 Å². The Balaban J connectivity index is 1.84. The number of carbonyl (C=O) groups is 1. The molecule has 2 rings (SSSR count). The Labute approximate surface area is 141 Å². The van der Waals surface area contributed by atoms with Gasteiger partial charge in [0.15, 0.2) is 11.5 Å². The molecule has 0 aliphatic carbocycles. The third-order valence-electron chi connectivity index (χ3n) is 3.39. The molecule has 0 unspecified atom stereocenters. The minimum absolute atomic E-state index is 0.134. The van der Waals surface area contributed by atoms with Crippen LogP contribution >= 0.6 is 0 Å². The molecule has 0 saturated heterocycles. The number of methoxy groups -OCH3 is 2. The summed E-state index contributed by atoms with van der Waals surface area (Å²) in [4.78, 5) is 12.0. The van der Waals surface area contributed by atoms with E-state index in [4.69, 9.17) is 19.9 Å². The number of carbonyl (C=O) groups excluding carboxylic acids is 1. The molecule has 0 fully saturated rings. The topological polar surface area (TPSA) is 82.8 Å². The lowest BCUT2D eigenvalue weighted by molar-refractivity contribution is -0.116. The average Bonchev–Trinajstić information content (AvgIpc) is 2.61. The predicted octanol–water partition coefficient (Wildman–Crippen LogP) is 3.08. The first-order chi connectivity index (χ1) is 11.6. The fourth-order valence-electron chi connectivity index (χ4n) is 2.16. The second-order valence-corrected chi connectivity index (χ2v) is 5.11. The third kappa shape index (κ3) is 4.81. The lowest BCUT2D eigenvalue weighted by atomic mass is 10.2. The predicted molar refractivity (Wildman–Crippen MR) is 93.8 cm³/mol. The smallest absolute Gasteiger partial charge is 0.224 e. The van der Waals surface area contributed by atoms with Gasteiger partial charge in [0.2, 0.25) is 5.91 Å². The minimum Gasteiger partial charge on any atom is -0.494 e. The van der Waals surface area contributed by atoms with Gasteiger partial charge in [-0.25, -0.2) is 0 Å². The van der Waals surface area contributed by atoms with E-state index in [1.165, 1.54) is 14.2 Å². The molecule has 0 aromatic heterocycles. The molecule has 0 atom stereocenters. The molecule has 2 aromatic carbocycles. The Kier molecular flexibility index (Phi) is 6.31. The largest absolute Gasteiger partial charge is 0.494 e. The molecule has 0 radical (unpaired) electrons. The molecular formula is C18H22N2O4. The molecule has 3 N–H and O–H groups in total. The van der Waals surface area contributed by atoms with Gasteiger partial charge in [0.05, 0.1) is 32.2 Å². The number of amides is 1. The number of nitrogen functional groups attached to an aromatic ring is 1. The van der Waals surface area contributed by atoms with Crippen molar-refractivity contribution in [3.63, 3.8) is 0 Å². The molecule has 0 spiro atoms. The zero-order valence-corrected chi connectivity index (χ0v) is 13.9. The van der Waals surface area contributed by atoms with Crippen LogP contribution in [0.3, 0.4) is 0 Å². The maximum absolute atomic E-state index is 12.0. The lowest BCUT2D eigenvalue weighted by Gasteiger charge is -2.13. The number of rotatable bonds is 8. The zero-order chi connectivity index (χ0) is 17.4. The van der Waals surface area contributed by atoms with Crippen LogP contribution in [0.5, 0.6) is 17.2 Å². The molecule has 24 heavy (non-hydrogen) atoms. The van der Waals surface area contributed by atoms with Crippen LogP contribution < -0.4 is 25.3 Å². The number of nitrogens with two attached hydrogens (primary N) is 1. The zero-order valence-electron chi connectivity index (χ0n) is 13.9. The van der Waals surface area contributed by atoms with Crippen LogP contribution in [0.4, 0.5) is 11.4 Å². The quantitative estimate of drug-likeness (QED) is 0.574. The maximum Gasteiger partial charge on any atom is 0.224 e. The molecule has 0 bridgehead atoms. The van der Waals surface area contributed by atoms with Gasteiger partial charge in [0, 0.05) is 18.6 Å². The summed E-state index contributed by atoms with van der Waals surface area (Å²) in [5, 5.41) is 2.78. The van der Waals surface area contributed by atoms with Crippen molar-refractivity contribution in [2.24, 2.45) is 0 Å². The van der Waals surface area contributed by atoms with Gasteiger partial charge in [0.25, 0.3) is 0 Å². The molecule has 0 heterocycles. The number of ether oxygens (including phenoxy) is 3. The molecule has 128 valence electrons. The number of hydrogen-bond donors (Lipinski definition) is 2. The highest BCUT2D eigenvalue weighted by Gasteiger charge is 2.11. The van der Waals surface area contributed by atoms with E-state index in [-0.39, 0.29) is 5.91 Å². The van der Waals surface area contributed by atoms with Gasteiger partial charge in [-0.1, -0.05) is 18.2 Å². The second-order valence-electron chi connectivity index (χ2n) is 5.11. The van der Waals surface area contributed by atoms with Crippen molar-refractivity contribution in [3.05, 3.63) is 42.5 Å². The van der Waals surface area contributed by atoms with Crippen molar-refractivity contribution < 1.29 is 19.0 Å². The summed E-state index contributed by atoms with van der Waals surface area (Å²) in [7, 11) is 3.06. The van der Waals surface area contributed by atoms with E-state index in [1.54, 1.807) is 12.1 Å². The van der Waals surface area contributed by atoms with E-state index in [0.717, 1.165) is 5.75 Å². The number of para-hydroxylation sites is 1. The van der Waals surface area contributed by atoms with E-state index in [2.05, 4.69) is 5.32 Å². The summed E-state index contributed by atoms with van der Waals surface area (Å²) in [6.45, 7) is 0.471. The average molecular weight is 330 g/mol. The number of nitrogens with one attached hydrogen (secondary N) is 1. The van der Waals surface area contributed by atoms with Gasteiger partial charge in [-0.05, 0) is 18.6 Å². The first-order valence-electron chi connectivity index (χ1n) is 7.63. The Morgan fingerprint density at radius 2 is 1.75 bits per heavy atom. The SMILES string of the molecule is COc1cc(N)c(NC(=O)CCCOc2ccccc2)cc1OC. The van der Waals surface area contributed by atoms with Crippen molar-refractivity contribution >= 4 is 17.3 Å². The Hall–Kier alpha value is -2.89. The molecule has 6 heteroatoms. The van der Waals surface area contributed by atoms with Crippen LogP contribution in [0.1, 0.15) is 12.8 Å². The van der Waals surface area contributed by atoms with Crippen molar-refractivity contribution in [2.45, 2.75) is 12.8 Å². The van der Waals surface area contributed by atoms with Crippen molar-refractivity contribution in [3.8, 4) is 17.2 Å². The van der Waals surface area contributed by atoms with Gasteiger partial charge in [0.1, 0.15) is 5.75 Å². The summed E-state index contributed by atoms with van der Waals surface area (Å²) in [5.41, 5.74) is 6.84. The summed E-state index contributed by atoms with van der Waals surface area (Å²) < 4.78 is 15.9. The van der Waals surface area contributed by atoms with Crippen LogP contribution in [-0.4, -0.2) is 26.7 Å². The second kappa shape index (κ2) is 8.67. The lowest BCUT2D eigenvalue weighted by Crippen LogP contribution is -2.14. The highest BCUT2D eigenvalue weighted by Crippen LogP contribution is 2.34. The number of hydrogen-bond acceptors (Lipinski definition) is 5. The fraction of sp³-hybridized carbons (Fsp3) is 0.278. The first-order valence-corrected chi connectivity index (χ1v) is 7.63. The van der Waals surface area contributed by atoms with Crippen LogP contribution in [0, 0.1) is 0 Å². The minimum atomic E-state index is -0.134. The van der Waals surface area contributed by atoms with Crippen molar-refractivity contribution in [1.29, 1.82) is 0 Å². The highest BCUT2D eigenvalue weighted by molar-refractivity contribution is 5.94. The molecule has 2 aromatic rings. The summed E-state index contributed by atoms with van der Waals surface area (Å²) in [6, 6.07) is 12.8. The molecule has 0 saturated carbocycles. The van der Waals surface area contributed by atoms with E-state index < -0.39 is 0 Å². The van der Waals surface area contributed by atoms with E-state index in [0.29, 0.717) is 42.3 Å². The monoisotopic (exact) mass is 330 g/mol. The van der Waals surface area contributed by atoms with Gasteiger partial charge in [-0.2, -0.15) is 0 Å². The van der Waals surface area contributed by atoms with Crippen molar-refractivity contribution in [1.82, 2.24) is 0 Å². The van der Waals surface area contributed by atoms with E-state index in [9.17, 15) is 4.79 Å². The standard InChI is InChI=1S/C18H22N2O4/c1-22-16-11-14(19)15(12-17(16)23-2)20-18(21)9-6-10-24-13-7-4-3-5-8-13/h3-5,7-8,11-12H,6,9-10,19H2,1-2H3,(H,20,21). The highest BCUT2D eigenvalue weighted by atomic mass is 16.5. The molecular weight excluding hydrogens is 308 g/mol. The Morgan fingerprint density at radius 1 is 1.08 bits per heavy atom. The van der Waals surface area contributed by atoms with E-state index >= 15 is 0 Å². The molecule has 0 aliphatic rings. The van der Waals surface area contributed by atoms with Gasteiger partial charge in [-0.15, -0.1) is 0 Å². The number of benzene rings is 2. The third-order valence-corrected chi connectivity index (χ3v) is 3.39. The first kappa shape index (κ1) is 17.5. The molecule has 6 nitrogen and oxygen atoms in total. The van der Waals surface area contributed by atoms with Crippen LogP contribution in [-0.2, 0) is 4.79 Å². The summed E-state index contributed by atoms with van der Waals surface area (Å²) in [6.07, 6.45) is 0.939. The van der Waals surface area contributed by atoms with E-state index in [1.807, 2.05) is 30.3 Å². The molecule has 1 amide bonds. The summed E-state index contributed by atoms with van der Waals surface area (Å²) in [5.74, 6) is 1.69. The van der Waals surface area contributed by atoms with Gasteiger partial charge in [-0.3, -0.25) is 4.79 Å². The maximum atomic E-state index is 12.0. The van der Waals surface area contributed by atoms with Crippen LogP contribution in [0.2, 0.25) is 0 Å². The van der Waals surface area contributed by atoms with Crippen LogP contribution in [0.15, 0.2) is 42.5 Å². The van der Waals surface area contributed by atoms with Crippen molar-refractivity contribution in [2.75, 3.05) is 31.9 Å². The van der Waals surface area contributed by atoms with Gasteiger partial charge >= 0.3 is 0 Å². The molecule has 0 aliphatic heterocycles. The Morgan fingerprint density at radius 3 is 2.42 bits per heavy atom.